The summed E-state index contributed by atoms with van der Waals surface area (Å²) in [6.45, 7) is 6.29. The van der Waals surface area contributed by atoms with Crippen molar-refractivity contribution in [3.63, 3.8) is 0 Å². The molecular formula is C24H25NO4. The molecular weight excluding hydrogens is 366 g/mol. The molecule has 3 rings (SSSR count). The Kier molecular flexibility index (Phi) is 6.50. The molecule has 0 aliphatic rings. The van der Waals surface area contributed by atoms with Gasteiger partial charge in [-0.1, -0.05) is 50.2 Å². The predicted octanol–water partition coefficient (Wildman–Crippen LogP) is 5.06. The highest BCUT2D eigenvalue weighted by Crippen LogP contribution is 2.23. The van der Waals surface area contributed by atoms with Crippen LogP contribution in [0.3, 0.4) is 0 Å². The second-order valence-electron chi connectivity index (χ2n) is 7.29. The molecule has 0 aliphatic heterocycles. The molecule has 29 heavy (non-hydrogen) atoms. The molecule has 3 aromatic rings. The van der Waals surface area contributed by atoms with Gasteiger partial charge in [-0.3, -0.25) is 4.79 Å². The Bertz CT molecular complexity index is 990. The van der Waals surface area contributed by atoms with Crippen molar-refractivity contribution < 1.29 is 19.1 Å². The second-order valence-corrected chi connectivity index (χ2v) is 7.29. The number of benzene rings is 3. The molecule has 5 nitrogen and oxygen atoms in total. The lowest BCUT2D eigenvalue weighted by atomic mass is 10.1. The predicted molar refractivity (Wildman–Crippen MR) is 114 cm³/mol. The van der Waals surface area contributed by atoms with E-state index in [4.69, 9.17) is 9.47 Å². The Morgan fingerprint density at radius 3 is 2.31 bits per heavy atom. The quantitative estimate of drug-likeness (QED) is 0.572. The van der Waals surface area contributed by atoms with Crippen molar-refractivity contribution in [1.29, 1.82) is 0 Å². The van der Waals surface area contributed by atoms with Crippen molar-refractivity contribution in [2.75, 3.05) is 11.9 Å². The highest BCUT2D eigenvalue weighted by Gasteiger charge is 2.19. The molecule has 1 N–H and O–H groups in total. The second kappa shape index (κ2) is 9.24. The van der Waals surface area contributed by atoms with Gasteiger partial charge < -0.3 is 14.8 Å². The third-order valence-corrected chi connectivity index (χ3v) is 4.37. The van der Waals surface area contributed by atoms with Crippen LogP contribution in [-0.4, -0.2) is 24.6 Å². The van der Waals surface area contributed by atoms with E-state index in [1.165, 1.54) is 0 Å². The highest BCUT2D eigenvalue weighted by molar-refractivity contribution is 6.04. The van der Waals surface area contributed by atoms with Gasteiger partial charge in [-0.15, -0.1) is 0 Å². The lowest BCUT2D eigenvalue weighted by Gasteiger charge is -2.15. The minimum Gasteiger partial charge on any atom is -0.493 e. The van der Waals surface area contributed by atoms with Crippen molar-refractivity contribution in [3.8, 4) is 5.75 Å². The van der Waals surface area contributed by atoms with Crippen LogP contribution in [0, 0.1) is 5.92 Å². The number of amides is 1. The standard InChI is InChI=1S/C24H25NO4/c1-16(2)15-28-20-13-11-19(12-14-20)24(27)29-17(3)23(26)25-22-10-6-8-18-7-4-5-9-21(18)22/h4-14,16-17H,15H2,1-3H3,(H,25,26). The Morgan fingerprint density at radius 1 is 0.897 bits per heavy atom. The number of carbonyl (C=O) groups excluding carboxylic acids is 2. The first-order valence-electron chi connectivity index (χ1n) is 9.66. The number of ether oxygens (including phenoxy) is 2. The summed E-state index contributed by atoms with van der Waals surface area (Å²) in [4.78, 5) is 24.9. The topological polar surface area (TPSA) is 64.6 Å². The van der Waals surface area contributed by atoms with E-state index >= 15 is 0 Å². The van der Waals surface area contributed by atoms with Crippen molar-refractivity contribution >= 4 is 28.3 Å². The van der Waals surface area contributed by atoms with Crippen LogP contribution in [0.2, 0.25) is 0 Å². The number of fused-ring (bicyclic) bond motifs is 1. The largest absolute Gasteiger partial charge is 0.493 e. The van der Waals surface area contributed by atoms with Gasteiger partial charge in [0.1, 0.15) is 5.75 Å². The number of nitrogens with one attached hydrogen (secondary N) is 1. The SMILES string of the molecule is CC(C)COc1ccc(C(=O)OC(C)C(=O)Nc2cccc3ccccc23)cc1. The first kappa shape index (κ1) is 20.4. The third-order valence-electron chi connectivity index (χ3n) is 4.37. The molecule has 0 saturated heterocycles. The van der Waals surface area contributed by atoms with E-state index in [1.807, 2.05) is 42.5 Å². The average molecular weight is 391 g/mol. The van der Waals surface area contributed by atoms with Gasteiger partial charge >= 0.3 is 5.97 Å². The minimum absolute atomic E-state index is 0.367. The van der Waals surface area contributed by atoms with E-state index in [2.05, 4.69) is 19.2 Å². The zero-order chi connectivity index (χ0) is 20.8. The third kappa shape index (κ3) is 5.35. The maximum absolute atomic E-state index is 12.5. The van der Waals surface area contributed by atoms with Crippen LogP contribution in [-0.2, 0) is 9.53 Å². The number of anilines is 1. The summed E-state index contributed by atoms with van der Waals surface area (Å²) in [6.07, 6.45) is -0.932. The first-order chi connectivity index (χ1) is 13.9. The fourth-order valence-corrected chi connectivity index (χ4v) is 2.80. The molecule has 1 unspecified atom stereocenters. The smallest absolute Gasteiger partial charge is 0.338 e. The van der Waals surface area contributed by atoms with Crippen molar-refractivity contribution in [2.45, 2.75) is 26.9 Å². The summed E-state index contributed by atoms with van der Waals surface area (Å²) in [6, 6.07) is 20.1. The zero-order valence-corrected chi connectivity index (χ0v) is 16.8. The molecule has 0 heterocycles. The maximum Gasteiger partial charge on any atom is 0.338 e. The van der Waals surface area contributed by atoms with E-state index in [0.29, 0.717) is 29.5 Å². The van der Waals surface area contributed by atoms with Crippen LogP contribution >= 0.6 is 0 Å². The number of esters is 1. The van der Waals surface area contributed by atoms with Crippen LogP contribution in [0.5, 0.6) is 5.75 Å². The van der Waals surface area contributed by atoms with Gasteiger partial charge in [0.2, 0.25) is 0 Å². The van der Waals surface area contributed by atoms with Crippen LogP contribution in [0.25, 0.3) is 10.8 Å². The van der Waals surface area contributed by atoms with E-state index in [1.54, 1.807) is 31.2 Å². The van der Waals surface area contributed by atoms with Crippen molar-refractivity contribution in [1.82, 2.24) is 0 Å². The van der Waals surface area contributed by atoms with E-state index in [0.717, 1.165) is 10.8 Å². The monoisotopic (exact) mass is 391 g/mol. The fraction of sp³-hybridized carbons (Fsp3) is 0.250. The van der Waals surface area contributed by atoms with Crippen LogP contribution in [0.4, 0.5) is 5.69 Å². The van der Waals surface area contributed by atoms with Gasteiger partial charge in [0, 0.05) is 11.1 Å². The molecule has 0 aromatic heterocycles. The van der Waals surface area contributed by atoms with Gasteiger partial charge in [0.15, 0.2) is 6.10 Å². The normalized spacial score (nSPS) is 11.9. The molecule has 1 amide bonds. The fourth-order valence-electron chi connectivity index (χ4n) is 2.80. The van der Waals surface area contributed by atoms with Gasteiger partial charge in [-0.2, -0.15) is 0 Å². The average Bonchev–Trinajstić information content (AvgIpc) is 2.72. The molecule has 5 heteroatoms. The summed E-state index contributed by atoms with van der Waals surface area (Å²) < 4.78 is 10.9. The molecule has 0 radical (unpaired) electrons. The molecule has 1 atom stereocenters. The van der Waals surface area contributed by atoms with Crippen LogP contribution < -0.4 is 10.1 Å². The number of hydrogen-bond donors (Lipinski definition) is 1. The molecule has 0 bridgehead atoms. The Hall–Kier alpha value is -3.34. The number of rotatable bonds is 7. The molecule has 0 spiro atoms. The first-order valence-corrected chi connectivity index (χ1v) is 9.66. The van der Waals surface area contributed by atoms with Crippen molar-refractivity contribution in [2.24, 2.45) is 5.92 Å². The van der Waals surface area contributed by atoms with Gasteiger partial charge in [-0.25, -0.2) is 4.79 Å². The lowest BCUT2D eigenvalue weighted by molar-refractivity contribution is -0.123. The molecule has 3 aromatic carbocycles. The zero-order valence-electron chi connectivity index (χ0n) is 16.8. The summed E-state index contributed by atoms with van der Waals surface area (Å²) >= 11 is 0. The summed E-state index contributed by atoms with van der Waals surface area (Å²) in [5.41, 5.74) is 1.05. The Morgan fingerprint density at radius 2 is 1.59 bits per heavy atom. The molecule has 0 fully saturated rings. The minimum atomic E-state index is -0.932. The maximum atomic E-state index is 12.5. The Labute approximate surface area is 170 Å². The summed E-state index contributed by atoms with van der Waals surface area (Å²) in [5, 5.41) is 4.79. The molecule has 0 aliphatic carbocycles. The van der Waals surface area contributed by atoms with Gasteiger partial charge in [-0.05, 0) is 48.6 Å². The summed E-state index contributed by atoms with van der Waals surface area (Å²) in [5.74, 6) is 0.172. The molecule has 0 saturated carbocycles. The molecule has 150 valence electrons. The Balaban J connectivity index is 1.61. The lowest BCUT2D eigenvalue weighted by Crippen LogP contribution is -2.30. The number of hydrogen-bond acceptors (Lipinski definition) is 4. The van der Waals surface area contributed by atoms with Crippen molar-refractivity contribution in [3.05, 3.63) is 72.3 Å². The van der Waals surface area contributed by atoms with Gasteiger partial charge in [0.25, 0.3) is 5.91 Å². The van der Waals surface area contributed by atoms with Gasteiger partial charge in [0.05, 0.1) is 12.2 Å². The highest BCUT2D eigenvalue weighted by atomic mass is 16.5. The van der Waals surface area contributed by atoms with Crippen LogP contribution in [0.1, 0.15) is 31.1 Å². The summed E-state index contributed by atoms with van der Waals surface area (Å²) in [7, 11) is 0. The number of carbonyl (C=O) groups is 2. The van der Waals surface area contributed by atoms with E-state index in [-0.39, 0.29) is 5.91 Å². The van der Waals surface area contributed by atoms with E-state index in [9.17, 15) is 9.59 Å². The van der Waals surface area contributed by atoms with Crippen LogP contribution in [0.15, 0.2) is 66.7 Å². The van der Waals surface area contributed by atoms with E-state index < -0.39 is 12.1 Å².